The van der Waals surface area contributed by atoms with Crippen molar-refractivity contribution in [1.82, 2.24) is 4.90 Å². The van der Waals surface area contributed by atoms with Crippen LogP contribution in [0.2, 0.25) is 0 Å². The molecule has 1 aromatic carbocycles. The van der Waals surface area contributed by atoms with Gasteiger partial charge in [-0.15, -0.1) is 0 Å². The molecular formula is C19H27NO3. The van der Waals surface area contributed by atoms with Crippen molar-refractivity contribution in [2.24, 2.45) is 11.3 Å². The molecule has 23 heavy (non-hydrogen) atoms. The van der Waals surface area contributed by atoms with Crippen molar-refractivity contribution in [3.8, 4) is 0 Å². The molecule has 4 heteroatoms. The molecule has 2 aliphatic rings. The fourth-order valence-corrected chi connectivity index (χ4v) is 3.77. The van der Waals surface area contributed by atoms with Crippen LogP contribution in [0.1, 0.15) is 43.1 Å². The van der Waals surface area contributed by atoms with Gasteiger partial charge in [0.2, 0.25) is 0 Å². The lowest BCUT2D eigenvalue weighted by Crippen LogP contribution is -2.43. The molecule has 2 heterocycles. The van der Waals surface area contributed by atoms with Crippen LogP contribution in [0.4, 0.5) is 0 Å². The highest BCUT2D eigenvalue weighted by Crippen LogP contribution is 2.41. The zero-order valence-electron chi connectivity index (χ0n) is 14.3. The second-order valence-corrected chi connectivity index (χ2v) is 8.07. The van der Waals surface area contributed by atoms with Gasteiger partial charge in [0, 0.05) is 30.7 Å². The van der Waals surface area contributed by atoms with Crippen LogP contribution >= 0.6 is 0 Å². The molecule has 1 amide bonds. The average Bonchev–Trinajstić information content (AvgIpc) is 2.93. The van der Waals surface area contributed by atoms with E-state index in [0.717, 1.165) is 25.1 Å². The van der Waals surface area contributed by atoms with E-state index in [-0.39, 0.29) is 23.3 Å². The summed E-state index contributed by atoms with van der Waals surface area (Å²) in [6.45, 7) is 9.19. The fourth-order valence-electron chi connectivity index (χ4n) is 3.77. The van der Waals surface area contributed by atoms with Gasteiger partial charge < -0.3 is 14.7 Å². The number of hydrogen-bond donors (Lipinski definition) is 1. The lowest BCUT2D eigenvalue weighted by atomic mass is 9.76. The number of ether oxygens (including phenoxy) is 1. The number of carbonyl (C=O) groups excluding carboxylic acids is 1. The minimum absolute atomic E-state index is 0.0627. The molecule has 2 atom stereocenters. The summed E-state index contributed by atoms with van der Waals surface area (Å²) in [7, 11) is 0. The van der Waals surface area contributed by atoms with Gasteiger partial charge in [-0.1, -0.05) is 32.9 Å². The van der Waals surface area contributed by atoms with Crippen molar-refractivity contribution >= 4 is 5.91 Å². The topological polar surface area (TPSA) is 49.8 Å². The number of fused-ring (bicyclic) bond motifs is 1. The lowest BCUT2D eigenvalue weighted by Gasteiger charge is -2.36. The smallest absolute Gasteiger partial charge is 0.253 e. The lowest BCUT2D eigenvalue weighted by molar-refractivity contribution is -0.0556. The number of rotatable bonds is 2. The maximum atomic E-state index is 12.8. The summed E-state index contributed by atoms with van der Waals surface area (Å²) >= 11 is 0. The van der Waals surface area contributed by atoms with Gasteiger partial charge in [-0.3, -0.25) is 4.79 Å². The SMILES string of the molecule is CC(C)(C)c1ccc(C(=O)N2C[C@@H]3CCOC[C@]3(CO)C2)cc1. The molecule has 0 spiro atoms. The summed E-state index contributed by atoms with van der Waals surface area (Å²) in [4.78, 5) is 14.7. The third-order valence-corrected chi connectivity index (χ3v) is 5.41. The molecule has 2 fully saturated rings. The third kappa shape index (κ3) is 3.02. The average molecular weight is 317 g/mol. The molecule has 1 N–H and O–H groups in total. The first kappa shape index (κ1) is 16.5. The van der Waals surface area contributed by atoms with Crippen molar-refractivity contribution < 1.29 is 14.6 Å². The normalized spacial score (nSPS) is 27.8. The first-order valence-electron chi connectivity index (χ1n) is 8.44. The molecule has 2 saturated heterocycles. The summed E-state index contributed by atoms with van der Waals surface area (Å²) < 4.78 is 5.57. The number of hydrogen-bond acceptors (Lipinski definition) is 3. The van der Waals surface area contributed by atoms with Crippen LogP contribution in [-0.2, 0) is 10.2 Å². The van der Waals surface area contributed by atoms with Crippen LogP contribution in [0.5, 0.6) is 0 Å². The van der Waals surface area contributed by atoms with Gasteiger partial charge in [0.05, 0.1) is 13.2 Å². The largest absolute Gasteiger partial charge is 0.396 e. The molecule has 3 rings (SSSR count). The highest BCUT2D eigenvalue weighted by atomic mass is 16.5. The van der Waals surface area contributed by atoms with Crippen molar-refractivity contribution in [1.29, 1.82) is 0 Å². The maximum absolute atomic E-state index is 12.8. The molecule has 126 valence electrons. The van der Waals surface area contributed by atoms with Gasteiger partial charge in [-0.25, -0.2) is 0 Å². The molecule has 0 aliphatic carbocycles. The quantitative estimate of drug-likeness (QED) is 0.911. The van der Waals surface area contributed by atoms with E-state index in [1.165, 1.54) is 5.56 Å². The Hall–Kier alpha value is -1.39. The van der Waals surface area contributed by atoms with E-state index >= 15 is 0 Å². The molecule has 0 unspecified atom stereocenters. The van der Waals surface area contributed by atoms with Gasteiger partial charge in [-0.05, 0) is 35.4 Å². The van der Waals surface area contributed by atoms with Gasteiger partial charge in [0.25, 0.3) is 5.91 Å². The molecule has 4 nitrogen and oxygen atoms in total. The van der Waals surface area contributed by atoms with E-state index in [0.29, 0.717) is 19.1 Å². The second kappa shape index (κ2) is 5.91. The monoisotopic (exact) mass is 317 g/mol. The fraction of sp³-hybridized carbons (Fsp3) is 0.632. The van der Waals surface area contributed by atoms with E-state index < -0.39 is 0 Å². The highest BCUT2D eigenvalue weighted by molar-refractivity contribution is 5.94. The Kier molecular flexibility index (Phi) is 4.23. The predicted molar refractivity (Wildman–Crippen MR) is 89.5 cm³/mol. The molecule has 1 aromatic rings. The van der Waals surface area contributed by atoms with Crippen LogP contribution in [0.15, 0.2) is 24.3 Å². The summed E-state index contributed by atoms with van der Waals surface area (Å²) in [6.07, 6.45) is 0.924. The van der Waals surface area contributed by atoms with Gasteiger partial charge in [0.15, 0.2) is 0 Å². The highest BCUT2D eigenvalue weighted by Gasteiger charge is 2.49. The van der Waals surface area contributed by atoms with Crippen LogP contribution in [0, 0.1) is 11.3 Å². The summed E-state index contributed by atoms with van der Waals surface area (Å²) in [5, 5.41) is 9.83. The number of aliphatic hydroxyl groups is 1. The number of nitrogens with zero attached hydrogens (tertiary/aromatic N) is 1. The molecule has 0 radical (unpaired) electrons. The molecule has 0 aromatic heterocycles. The Balaban J connectivity index is 1.76. The maximum Gasteiger partial charge on any atom is 0.253 e. The Morgan fingerprint density at radius 2 is 2.04 bits per heavy atom. The summed E-state index contributed by atoms with van der Waals surface area (Å²) in [5.74, 6) is 0.409. The van der Waals surface area contributed by atoms with Crippen LogP contribution in [0.3, 0.4) is 0 Å². The zero-order chi connectivity index (χ0) is 16.7. The summed E-state index contributed by atoms with van der Waals surface area (Å²) in [5.41, 5.74) is 1.77. The predicted octanol–water partition coefficient (Wildman–Crippen LogP) is 2.46. The minimum Gasteiger partial charge on any atom is -0.396 e. The summed E-state index contributed by atoms with van der Waals surface area (Å²) in [6, 6.07) is 7.93. The zero-order valence-corrected chi connectivity index (χ0v) is 14.3. The van der Waals surface area contributed by atoms with Crippen molar-refractivity contribution in [3.63, 3.8) is 0 Å². The number of carbonyl (C=O) groups is 1. The van der Waals surface area contributed by atoms with Crippen molar-refractivity contribution in [2.45, 2.75) is 32.6 Å². The first-order valence-corrected chi connectivity index (χ1v) is 8.44. The Labute approximate surface area is 138 Å². The molecule has 2 aliphatic heterocycles. The number of amides is 1. The van der Waals surface area contributed by atoms with Gasteiger partial charge in [-0.2, -0.15) is 0 Å². The number of likely N-dealkylation sites (tertiary alicyclic amines) is 1. The Morgan fingerprint density at radius 1 is 1.35 bits per heavy atom. The number of benzene rings is 1. The number of aliphatic hydroxyl groups excluding tert-OH is 1. The first-order chi connectivity index (χ1) is 10.9. The van der Waals surface area contributed by atoms with E-state index in [9.17, 15) is 9.90 Å². The third-order valence-electron chi connectivity index (χ3n) is 5.41. The van der Waals surface area contributed by atoms with E-state index in [4.69, 9.17) is 4.74 Å². The van der Waals surface area contributed by atoms with Crippen LogP contribution in [-0.4, -0.2) is 48.8 Å². The minimum atomic E-state index is -0.265. The van der Waals surface area contributed by atoms with Gasteiger partial charge in [0.1, 0.15) is 0 Å². The standard InChI is InChI=1S/C19H27NO3/c1-18(2,3)15-6-4-14(5-7-15)17(22)20-10-16-8-9-23-13-19(16,11-20)12-21/h4-7,16,21H,8-13H2,1-3H3/t16-,19+/m0/s1. The van der Waals surface area contributed by atoms with Crippen LogP contribution in [0.25, 0.3) is 0 Å². The van der Waals surface area contributed by atoms with Crippen molar-refractivity contribution in [2.75, 3.05) is 32.9 Å². The van der Waals surface area contributed by atoms with Crippen molar-refractivity contribution in [3.05, 3.63) is 35.4 Å². The van der Waals surface area contributed by atoms with Crippen LogP contribution < -0.4 is 0 Å². The van der Waals surface area contributed by atoms with Gasteiger partial charge >= 0.3 is 0 Å². The van der Waals surface area contributed by atoms with E-state index in [1.807, 2.05) is 29.2 Å². The van der Waals surface area contributed by atoms with E-state index in [2.05, 4.69) is 20.8 Å². The Morgan fingerprint density at radius 3 is 2.61 bits per heavy atom. The molecular weight excluding hydrogens is 290 g/mol. The van der Waals surface area contributed by atoms with E-state index in [1.54, 1.807) is 0 Å². The Bertz CT molecular complexity index is 575. The second-order valence-electron chi connectivity index (χ2n) is 8.07. The molecule has 0 bridgehead atoms. The molecule has 0 saturated carbocycles.